The summed E-state index contributed by atoms with van der Waals surface area (Å²) in [5.74, 6) is 1.98. The van der Waals surface area contributed by atoms with Crippen molar-refractivity contribution in [1.29, 1.82) is 0 Å². The lowest BCUT2D eigenvalue weighted by molar-refractivity contribution is 0.355. The van der Waals surface area contributed by atoms with E-state index in [0.717, 1.165) is 17.0 Å². The number of hydrogen-bond donors (Lipinski definition) is 2. The van der Waals surface area contributed by atoms with Crippen LogP contribution in [0.15, 0.2) is 47.7 Å². The molecule has 8 heteroatoms. The number of aromatic nitrogens is 2. The summed E-state index contributed by atoms with van der Waals surface area (Å²) in [5.41, 5.74) is 3.91. The van der Waals surface area contributed by atoms with Crippen LogP contribution in [0.4, 0.5) is 5.69 Å². The van der Waals surface area contributed by atoms with Gasteiger partial charge in [-0.3, -0.25) is 4.99 Å². The molecule has 0 fully saturated rings. The number of hydrogen-bond acceptors (Lipinski definition) is 4. The normalized spacial score (nSPS) is 11.0. The number of nitrogens with one attached hydrogen (secondary N) is 2. The summed E-state index contributed by atoms with van der Waals surface area (Å²) in [5, 5.41) is 6.50. The number of fused-ring (bicyclic) bond motifs is 1. The predicted octanol–water partition coefficient (Wildman–Crippen LogP) is 3.47. The van der Waals surface area contributed by atoms with Crippen molar-refractivity contribution in [1.82, 2.24) is 14.7 Å². The van der Waals surface area contributed by atoms with Gasteiger partial charge in [0.15, 0.2) is 17.5 Å². The van der Waals surface area contributed by atoms with E-state index in [1.165, 1.54) is 5.56 Å². The van der Waals surface area contributed by atoms with Crippen LogP contribution in [-0.4, -0.2) is 36.6 Å². The minimum atomic E-state index is 0. The van der Waals surface area contributed by atoms with Gasteiger partial charge in [-0.15, -0.1) is 24.0 Å². The Balaban J connectivity index is 0.00000261. The lowest BCUT2D eigenvalue weighted by Crippen LogP contribution is -2.30. The number of imidazole rings is 1. The Kier molecular flexibility index (Phi) is 7.28. The van der Waals surface area contributed by atoms with Gasteiger partial charge >= 0.3 is 0 Å². The van der Waals surface area contributed by atoms with Gasteiger partial charge in [0.1, 0.15) is 5.65 Å². The number of methoxy groups -OCH3 is 2. The van der Waals surface area contributed by atoms with E-state index in [2.05, 4.69) is 39.7 Å². The Morgan fingerprint density at radius 2 is 1.93 bits per heavy atom. The smallest absolute Gasteiger partial charge is 0.195 e. The largest absolute Gasteiger partial charge is 0.493 e. The van der Waals surface area contributed by atoms with Crippen molar-refractivity contribution >= 4 is 41.3 Å². The summed E-state index contributed by atoms with van der Waals surface area (Å²) in [6, 6.07) is 9.73. The van der Waals surface area contributed by atoms with E-state index in [1.54, 1.807) is 21.3 Å². The lowest BCUT2D eigenvalue weighted by Gasteiger charge is -2.13. The van der Waals surface area contributed by atoms with E-state index in [1.807, 2.05) is 35.0 Å². The fourth-order valence-electron chi connectivity index (χ4n) is 2.63. The van der Waals surface area contributed by atoms with Crippen LogP contribution in [0.2, 0.25) is 0 Å². The average Bonchev–Trinajstić information content (AvgIpc) is 3.06. The van der Waals surface area contributed by atoms with Crippen molar-refractivity contribution in [3.8, 4) is 11.5 Å². The third kappa shape index (κ3) is 5.03. The SMILES string of the molecule is CN=C(NCc1cn2ccc(C)cc2n1)Nc1ccc(OC)c(OC)c1.I. The van der Waals surface area contributed by atoms with E-state index in [4.69, 9.17) is 9.47 Å². The number of nitrogens with zero attached hydrogens (tertiary/aromatic N) is 3. The van der Waals surface area contributed by atoms with Crippen molar-refractivity contribution in [2.75, 3.05) is 26.6 Å². The number of guanidine groups is 1. The number of ether oxygens (including phenoxy) is 2. The van der Waals surface area contributed by atoms with Crippen molar-refractivity contribution in [3.63, 3.8) is 0 Å². The molecule has 0 spiro atoms. The molecule has 3 rings (SSSR count). The topological polar surface area (TPSA) is 72.2 Å². The molecule has 0 bridgehead atoms. The first-order valence-corrected chi connectivity index (χ1v) is 8.27. The maximum atomic E-state index is 5.33. The zero-order valence-electron chi connectivity index (χ0n) is 15.8. The van der Waals surface area contributed by atoms with Crippen LogP contribution in [0.3, 0.4) is 0 Å². The first-order valence-electron chi connectivity index (χ1n) is 8.27. The fourth-order valence-corrected chi connectivity index (χ4v) is 2.63. The number of aliphatic imine (C=N–C) groups is 1. The first kappa shape index (κ1) is 20.8. The molecule has 0 amide bonds. The molecule has 2 heterocycles. The predicted molar refractivity (Wildman–Crippen MR) is 119 cm³/mol. The first-order chi connectivity index (χ1) is 12.6. The Bertz CT molecular complexity index is 939. The molecular formula is C19H24IN5O2. The van der Waals surface area contributed by atoms with Crippen LogP contribution in [0.25, 0.3) is 5.65 Å². The second kappa shape index (κ2) is 9.45. The van der Waals surface area contributed by atoms with Crippen molar-refractivity contribution in [2.24, 2.45) is 4.99 Å². The molecule has 1 aromatic carbocycles. The van der Waals surface area contributed by atoms with Crippen LogP contribution in [0.1, 0.15) is 11.3 Å². The Labute approximate surface area is 175 Å². The highest BCUT2D eigenvalue weighted by atomic mass is 127. The molecule has 0 radical (unpaired) electrons. The summed E-state index contributed by atoms with van der Waals surface area (Å²) < 4.78 is 12.6. The zero-order chi connectivity index (χ0) is 18.5. The second-order valence-electron chi connectivity index (χ2n) is 5.82. The number of benzene rings is 1. The van der Waals surface area contributed by atoms with E-state index in [-0.39, 0.29) is 24.0 Å². The molecule has 0 aliphatic rings. The molecule has 0 aliphatic carbocycles. The third-order valence-corrected chi connectivity index (χ3v) is 3.97. The van der Waals surface area contributed by atoms with Gasteiger partial charge in [-0.25, -0.2) is 4.98 Å². The summed E-state index contributed by atoms with van der Waals surface area (Å²) in [7, 11) is 4.95. The quantitative estimate of drug-likeness (QED) is 0.332. The van der Waals surface area contributed by atoms with Crippen LogP contribution >= 0.6 is 24.0 Å². The fraction of sp³-hybridized carbons (Fsp3) is 0.263. The summed E-state index contributed by atoms with van der Waals surface area (Å²) in [6.07, 6.45) is 4.02. The van der Waals surface area contributed by atoms with Gasteiger partial charge in [-0.2, -0.15) is 0 Å². The molecule has 27 heavy (non-hydrogen) atoms. The molecular weight excluding hydrogens is 457 g/mol. The highest BCUT2D eigenvalue weighted by Crippen LogP contribution is 2.29. The summed E-state index contributed by atoms with van der Waals surface area (Å²) in [6.45, 7) is 2.62. The maximum Gasteiger partial charge on any atom is 0.195 e. The highest BCUT2D eigenvalue weighted by Gasteiger charge is 2.07. The molecule has 144 valence electrons. The van der Waals surface area contributed by atoms with Gasteiger partial charge in [-0.05, 0) is 36.8 Å². The maximum absolute atomic E-state index is 5.33. The van der Waals surface area contributed by atoms with Crippen molar-refractivity contribution in [2.45, 2.75) is 13.5 Å². The van der Waals surface area contributed by atoms with Crippen LogP contribution in [-0.2, 0) is 6.54 Å². The monoisotopic (exact) mass is 481 g/mol. The summed E-state index contributed by atoms with van der Waals surface area (Å²) >= 11 is 0. The Morgan fingerprint density at radius 3 is 2.63 bits per heavy atom. The summed E-state index contributed by atoms with van der Waals surface area (Å²) in [4.78, 5) is 8.87. The molecule has 2 aromatic heterocycles. The number of pyridine rings is 1. The molecule has 3 aromatic rings. The van der Waals surface area contributed by atoms with Gasteiger partial charge in [0.05, 0.1) is 26.5 Å². The van der Waals surface area contributed by atoms with Gasteiger partial charge < -0.3 is 24.5 Å². The number of aryl methyl sites for hydroxylation is 1. The van der Waals surface area contributed by atoms with Gasteiger partial charge in [0.25, 0.3) is 0 Å². The molecule has 2 N–H and O–H groups in total. The van der Waals surface area contributed by atoms with E-state index < -0.39 is 0 Å². The third-order valence-electron chi connectivity index (χ3n) is 3.97. The van der Waals surface area contributed by atoms with E-state index in [9.17, 15) is 0 Å². The molecule has 0 saturated heterocycles. The number of rotatable bonds is 5. The van der Waals surface area contributed by atoms with Gasteiger partial charge in [0.2, 0.25) is 0 Å². The minimum absolute atomic E-state index is 0. The Hall–Kier alpha value is -2.49. The van der Waals surface area contributed by atoms with E-state index >= 15 is 0 Å². The highest BCUT2D eigenvalue weighted by molar-refractivity contribution is 14.0. The standard InChI is InChI=1S/C19H23N5O2.HI/c1-13-7-8-24-12-15(22-18(24)9-13)11-21-19(20-2)23-14-5-6-16(25-3)17(10-14)26-4;/h5-10,12H,11H2,1-4H3,(H2,20,21,23);1H. The Morgan fingerprint density at radius 1 is 1.15 bits per heavy atom. The molecule has 0 atom stereocenters. The minimum Gasteiger partial charge on any atom is -0.493 e. The van der Waals surface area contributed by atoms with Crippen molar-refractivity contribution in [3.05, 3.63) is 54.0 Å². The second-order valence-corrected chi connectivity index (χ2v) is 5.82. The van der Waals surface area contributed by atoms with Crippen LogP contribution < -0.4 is 20.1 Å². The average molecular weight is 481 g/mol. The zero-order valence-corrected chi connectivity index (χ0v) is 18.1. The van der Waals surface area contributed by atoms with Gasteiger partial charge in [0, 0.05) is 31.2 Å². The molecule has 7 nitrogen and oxygen atoms in total. The lowest BCUT2D eigenvalue weighted by atomic mass is 10.3. The van der Waals surface area contributed by atoms with Crippen LogP contribution in [0, 0.1) is 6.92 Å². The van der Waals surface area contributed by atoms with Crippen molar-refractivity contribution < 1.29 is 9.47 Å². The molecule has 0 unspecified atom stereocenters. The number of anilines is 1. The molecule has 0 saturated carbocycles. The van der Waals surface area contributed by atoms with Gasteiger partial charge in [-0.1, -0.05) is 0 Å². The number of halogens is 1. The van der Waals surface area contributed by atoms with E-state index in [0.29, 0.717) is 24.0 Å². The van der Waals surface area contributed by atoms with Crippen LogP contribution in [0.5, 0.6) is 11.5 Å². The molecule has 0 aliphatic heterocycles.